The molecule has 0 aromatic heterocycles. The van der Waals surface area contributed by atoms with E-state index < -0.39 is 17.7 Å². The highest BCUT2D eigenvalue weighted by Crippen LogP contribution is 2.32. The summed E-state index contributed by atoms with van der Waals surface area (Å²) in [7, 11) is 0. The van der Waals surface area contributed by atoms with Gasteiger partial charge in [0.2, 0.25) is 0 Å². The normalized spacial score (nSPS) is 19.1. The SMILES string of the molecule is NNC(CC1CCCCCC1)c1c(F)cccc1F. The molecule has 1 aliphatic rings. The van der Waals surface area contributed by atoms with Gasteiger partial charge in [0.05, 0.1) is 6.04 Å². The van der Waals surface area contributed by atoms with Gasteiger partial charge in [0.15, 0.2) is 0 Å². The van der Waals surface area contributed by atoms with Crippen LogP contribution in [0.3, 0.4) is 0 Å². The molecular formula is C15H22F2N2. The Balaban J connectivity index is 2.10. The van der Waals surface area contributed by atoms with E-state index in [0.717, 1.165) is 12.8 Å². The maximum Gasteiger partial charge on any atom is 0.130 e. The zero-order valence-corrected chi connectivity index (χ0v) is 11.2. The Kier molecular flexibility index (Phi) is 5.28. The van der Waals surface area contributed by atoms with Gasteiger partial charge in [0.25, 0.3) is 0 Å². The van der Waals surface area contributed by atoms with Crippen LogP contribution in [0.4, 0.5) is 8.78 Å². The first-order valence-electron chi connectivity index (χ1n) is 7.12. The van der Waals surface area contributed by atoms with Crippen LogP contribution in [0.5, 0.6) is 0 Å². The van der Waals surface area contributed by atoms with Crippen LogP contribution in [0, 0.1) is 17.6 Å². The molecule has 19 heavy (non-hydrogen) atoms. The van der Waals surface area contributed by atoms with Gasteiger partial charge in [0.1, 0.15) is 11.6 Å². The third-order valence-corrected chi connectivity index (χ3v) is 4.09. The minimum absolute atomic E-state index is 0.0780. The summed E-state index contributed by atoms with van der Waals surface area (Å²) in [6, 6.07) is 3.52. The summed E-state index contributed by atoms with van der Waals surface area (Å²) in [6.45, 7) is 0. The van der Waals surface area contributed by atoms with Gasteiger partial charge >= 0.3 is 0 Å². The molecule has 1 aliphatic carbocycles. The zero-order chi connectivity index (χ0) is 13.7. The van der Waals surface area contributed by atoms with Crippen molar-refractivity contribution in [2.45, 2.75) is 51.0 Å². The first kappa shape index (κ1) is 14.4. The molecule has 2 nitrogen and oxygen atoms in total. The van der Waals surface area contributed by atoms with Crippen LogP contribution >= 0.6 is 0 Å². The van der Waals surface area contributed by atoms with E-state index >= 15 is 0 Å². The number of halogens is 2. The quantitative estimate of drug-likeness (QED) is 0.495. The fraction of sp³-hybridized carbons (Fsp3) is 0.600. The van der Waals surface area contributed by atoms with Crippen molar-refractivity contribution in [3.63, 3.8) is 0 Å². The van der Waals surface area contributed by atoms with Crippen LogP contribution in [0.1, 0.15) is 56.6 Å². The first-order chi connectivity index (χ1) is 9.22. The molecule has 1 aromatic rings. The molecule has 106 valence electrons. The third kappa shape index (κ3) is 3.74. The van der Waals surface area contributed by atoms with E-state index in [1.54, 1.807) is 0 Å². The number of benzene rings is 1. The number of hydrazine groups is 1. The molecule has 0 spiro atoms. The summed E-state index contributed by atoms with van der Waals surface area (Å²) >= 11 is 0. The highest BCUT2D eigenvalue weighted by atomic mass is 19.1. The lowest BCUT2D eigenvalue weighted by Crippen LogP contribution is -2.31. The van der Waals surface area contributed by atoms with E-state index in [1.807, 2.05) is 0 Å². The molecule has 2 rings (SSSR count). The number of hydrogen-bond acceptors (Lipinski definition) is 2. The molecule has 1 fully saturated rings. The van der Waals surface area contributed by atoms with Crippen molar-refractivity contribution in [3.8, 4) is 0 Å². The number of hydrogen-bond donors (Lipinski definition) is 2. The summed E-state index contributed by atoms with van der Waals surface area (Å²) in [5.74, 6) is 4.98. The Morgan fingerprint density at radius 2 is 1.68 bits per heavy atom. The lowest BCUT2D eigenvalue weighted by atomic mass is 9.89. The first-order valence-corrected chi connectivity index (χ1v) is 7.12. The topological polar surface area (TPSA) is 38.0 Å². The second-order valence-electron chi connectivity index (χ2n) is 5.45. The average molecular weight is 268 g/mol. The molecule has 0 saturated heterocycles. The van der Waals surface area contributed by atoms with E-state index in [9.17, 15) is 8.78 Å². The standard InChI is InChI=1S/C15H22F2N2/c16-12-8-5-9-13(17)15(12)14(19-18)10-11-6-3-1-2-4-7-11/h5,8-9,11,14,19H,1-4,6-7,10,18H2. The van der Waals surface area contributed by atoms with E-state index in [1.165, 1.54) is 43.9 Å². The van der Waals surface area contributed by atoms with Crippen LogP contribution in [-0.4, -0.2) is 0 Å². The number of nitrogens with one attached hydrogen (secondary N) is 1. The van der Waals surface area contributed by atoms with E-state index in [2.05, 4.69) is 5.43 Å². The Bertz CT molecular complexity index is 381. The van der Waals surface area contributed by atoms with Crippen LogP contribution in [-0.2, 0) is 0 Å². The molecule has 0 bridgehead atoms. The van der Waals surface area contributed by atoms with Gasteiger partial charge in [-0.05, 0) is 24.5 Å². The number of nitrogens with two attached hydrogens (primary N) is 1. The summed E-state index contributed by atoms with van der Waals surface area (Å²) in [4.78, 5) is 0. The van der Waals surface area contributed by atoms with E-state index in [4.69, 9.17) is 5.84 Å². The predicted octanol–water partition coefficient (Wildman–Crippen LogP) is 3.83. The second-order valence-corrected chi connectivity index (χ2v) is 5.45. The molecule has 0 radical (unpaired) electrons. The Morgan fingerprint density at radius 3 is 2.21 bits per heavy atom. The van der Waals surface area contributed by atoms with Crippen molar-refractivity contribution < 1.29 is 8.78 Å². The lowest BCUT2D eigenvalue weighted by molar-refractivity contribution is 0.345. The van der Waals surface area contributed by atoms with Crippen molar-refractivity contribution in [1.29, 1.82) is 0 Å². The van der Waals surface area contributed by atoms with Crippen molar-refractivity contribution >= 4 is 0 Å². The summed E-state index contributed by atoms with van der Waals surface area (Å²) < 4.78 is 27.6. The summed E-state index contributed by atoms with van der Waals surface area (Å²) in [6.07, 6.45) is 7.93. The van der Waals surface area contributed by atoms with E-state index in [0.29, 0.717) is 12.3 Å². The fourth-order valence-corrected chi connectivity index (χ4v) is 3.05. The molecular weight excluding hydrogens is 246 g/mol. The van der Waals surface area contributed by atoms with Crippen LogP contribution in [0.25, 0.3) is 0 Å². The van der Waals surface area contributed by atoms with Crippen LogP contribution in [0.15, 0.2) is 18.2 Å². The molecule has 1 saturated carbocycles. The highest BCUT2D eigenvalue weighted by molar-refractivity contribution is 5.23. The predicted molar refractivity (Wildman–Crippen MR) is 72.2 cm³/mol. The van der Waals surface area contributed by atoms with Crippen LogP contribution in [0.2, 0.25) is 0 Å². The number of rotatable bonds is 4. The maximum atomic E-state index is 13.8. The zero-order valence-electron chi connectivity index (χ0n) is 11.2. The maximum absolute atomic E-state index is 13.8. The van der Waals surface area contributed by atoms with Gasteiger partial charge in [0, 0.05) is 5.56 Å². The van der Waals surface area contributed by atoms with Gasteiger partial charge in [-0.1, -0.05) is 44.6 Å². The monoisotopic (exact) mass is 268 g/mol. The van der Waals surface area contributed by atoms with Crippen molar-refractivity contribution in [2.75, 3.05) is 0 Å². The molecule has 3 N–H and O–H groups in total. The van der Waals surface area contributed by atoms with Gasteiger partial charge in [-0.15, -0.1) is 0 Å². The average Bonchev–Trinajstić information content (AvgIpc) is 2.65. The molecule has 0 aliphatic heterocycles. The largest absolute Gasteiger partial charge is 0.271 e. The lowest BCUT2D eigenvalue weighted by Gasteiger charge is -2.23. The smallest absolute Gasteiger partial charge is 0.130 e. The molecule has 0 heterocycles. The summed E-state index contributed by atoms with van der Waals surface area (Å²) in [5.41, 5.74) is 2.67. The van der Waals surface area contributed by atoms with Gasteiger partial charge in [-0.2, -0.15) is 0 Å². The third-order valence-electron chi connectivity index (χ3n) is 4.09. The molecule has 1 aromatic carbocycles. The highest BCUT2D eigenvalue weighted by Gasteiger charge is 2.23. The van der Waals surface area contributed by atoms with Crippen molar-refractivity contribution in [1.82, 2.24) is 5.43 Å². The molecule has 4 heteroatoms. The minimum Gasteiger partial charge on any atom is -0.271 e. The van der Waals surface area contributed by atoms with Gasteiger partial charge in [-0.3, -0.25) is 11.3 Å². The van der Waals surface area contributed by atoms with Gasteiger partial charge < -0.3 is 0 Å². The van der Waals surface area contributed by atoms with E-state index in [-0.39, 0.29) is 5.56 Å². The molecule has 1 atom stereocenters. The second kappa shape index (κ2) is 6.96. The Labute approximate surface area is 113 Å². The molecule has 1 unspecified atom stereocenters. The van der Waals surface area contributed by atoms with Gasteiger partial charge in [-0.25, -0.2) is 8.78 Å². The fourth-order valence-electron chi connectivity index (χ4n) is 3.05. The van der Waals surface area contributed by atoms with Crippen molar-refractivity contribution in [2.24, 2.45) is 11.8 Å². The Morgan fingerprint density at radius 1 is 1.11 bits per heavy atom. The summed E-state index contributed by atoms with van der Waals surface area (Å²) in [5, 5.41) is 0. The minimum atomic E-state index is -0.517. The Hall–Kier alpha value is -1.00. The van der Waals surface area contributed by atoms with Crippen molar-refractivity contribution in [3.05, 3.63) is 35.4 Å². The molecule has 0 amide bonds. The van der Waals surface area contributed by atoms with Crippen LogP contribution < -0.4 is 11.3 Å².